The van der Waals surface area contributed by atoms with Crippen LogP contribution in [0.3, 0.4) is 0 Å². The van der Waals surface area contributed by atoms with E-state index in [1.54, 1.807) is 0 Å². The molecular formula is C17H35Cl2NO3Si. The molecule has 7 heteroatoms. The van der Waals surface area contributed by atoms with Crippen molar-refractivity contribution < 1.29 is 9.35 Å². The molecule has 0 aliphatic heterocycles. The summed E-state index contributed by atoms with van der Waals surface area (Å²) in [5, 5.41) is 10.4. The van der Waals surface area contributed by atoms with Gasteiger partial charge in [-0.25, -0.2) is 0 Å². The molecule has 0 fully saturated rings. The van der Waals surface area contributed by atoms with E-state index in [0.717, 1.165) is 44.9 Å². The summed E-state index contributed by atoms with van der Waals surface area (Å²) in [5.74, 6) is 0. The SMILES string of the molecule is CC(C)(C)[Si](C)(C)OCC(Cl)(Cl)CCCCCCCCC[N+](=O)[O-]. The fraction of sp³-hybridized carbons (Fsp3) is 1.00. The molecule has 144 valence electrons. The van der Waals surface area contributed by atoms with Crippen LogP contribution in [-0.4, -0.2) is 30.7 Å². The highest BCUT2D eigenvalue weighted by Crippen LogP contribution is 2.38. The molecule has 0 rings (SSSR count). The topological polar surface area (TPSA) is 52.4 Å². The molecule has 0 saturated heterocycles. The van der Waals surface area contributed by atoms with Crippen LogP contribution in [0.25, 0.3) is 0 Å². The number of nitrogens with zero attached hydrogens (tertiary/aromatic N) is 1. The maximum absolute atomic E-state index is 10.2. The van der Waals surface area contributed by atoms with Crippen LogP contribution in [-0.2, 0) is 4.43 Å². The fourth-order valence-electron chi connectivity index (χ4n) is 2.08. The van der Waals surface area contributed by atoms with Gasteiger partial charge in [0.2, 0.25) is 6.54 Å². The van der Waals surface area contributed by atoms with Crippen molar-refractivity contribution in [2.45, 2.75) is 94.6 Å². The Morgan fingerprint density at radius 2 is 1.42 bits per heavy atom. The van der Waals surface area contributed by atoms with Gasteiger partial charge in [-0.3, -0.25) is 10.1 Å². The summed E-state index contributed by atoms with van der Waals surface area (Å²) < 4.78 is 5.32. The number of nitro groups is 1. The highest BCUT2D eigenvalue weighted by atomic mass is 35.5. The predicted octanol–water partition coefficient (Wildman–Crippen LogP) is 6.58. The smallest absolute Gasteiger partial charge is 0.203 e. The Kier molecular flexibility index (Phi) is 11.1. The summed E-state index contributed by atoms with van der Waals surface area (Å²) in [5.41, 5.74) is 0. The molecule has 0 atom stereocenters. The van der Waals surface area contributed by atoms with Gasteiger partial charge in [-0.2, -0.15) is 0 Å². The molecule has 0 aromatic heterocycles. The largest absolute Gasteiger partial charge is 0.414 e. The van der Waals surface area contributed by atoms with Crippen molar-refractivity contribution in [3.05, 3.63) is 10.1 Å². The third-order valence-corrected chi connectivity index (χ3v) is 9.91. The third-order valence-electron chi connectivity index (χ3n) is 4.83. The standard InChI is InChI=1S/C17H35Cl2NO3Si/c1-16(2,3)24(4,5)23-15-17(18,19)13-11-9-7-6-8-10-12-14-20(21)22/h6-15H2,1-5H3. The summed E-state index contributed by atoms with van der Waals surface area (Å²) >= 11 is 12.8. The first-order valence-electron chi connectivity index (χ1n) is 9.01. The second-order valence-corrected chi connectivity index (χ2v) is 14.6. The van der Waals surface area contributed by atoms with Gasteiger partial charge in [0.1, 0.15) is 4.33 Å². The fourth-order valence-corrected chi connectivity index (χ4v) is 3.68. The normalized spacial score (nSPS) is 13.3. The number of hydrogen-bond acceptors (Lipinski definition) is 3. The molecular weight excluding hydrogens is 365 g/mol. The molecule has 0 aliphatic rings. The lowest BCUT2D eigenvalue weighted by atomic mass is 10.1. The van der Waals surface area contributed by atoms with Gasteiger partial charge in [-0.1, -0.05) is 76.1 Å². The van der Waals surface area contributed by atoms with E-state index in [1.807, 2.05) is 0 Å². The van der Waals surface area contributed by atoms with Crippen LogP contribution >= 0.6 is 23.2 Å². The van der Waals surface area contributed by atoms with E-state index in [2.05, 4.69) is 33.9 Å². The third kappa shape index (κ3) is 11.7. The van der Waals surface area contributed by atoms with Crippen molar-refractivity contribution in [3.63, 3.8) is 0 Å². The van der Waals surface area contributed by atoms with E-state index < -0.39 is 12.7 Å². The number of halogens is 2. The highest BCUT2D eigenvalue weighted by Gasteiger charge is 2.39. The predicted molar refractivity (Wildman–Crippen MR) is 106 cm³/mol. The lowest BCUT2D eigenvalue weighted by Gasteiger charge is -2.37. The summed E-state index contributed by atoms with van der Waals surface area (Å²) in [6.07, 6.45) is 7.77. The molecule has 0 radical (unpaired) electrons. The second-order valence-electron chi connectivity index (χ2n) is 8.19. The van der Waals surface area contributed by atoms with Crippen LogP contribution in [0, 0.1) is 10.1 Å². The molecule has 24 heavy (non-hydrogen) atoms. The number of hydrogen-bond donors (Lipinski definition) is 0. The molecule has 0 heterocycles. The maximum atomic E-state index is 10.2. The zero-order chi connectivity index (χ0) is 18.9. The summed E-state index contributed by atoms with van der Waals surface area (Å²) in [7, 11) is -1.81. The van der Waals surface area contributed by atoms with Gasteiger partial charge >= 0.3 is 0 Å². The lowest BCUT2D eigenvalue weighted by molar-refractivity contribution is -0.480. The minimum absolute atomic E-state index is 0.0925. The molecule has 0 bridgehead atoms. The first-order chi connectivity index (χ1) is 10.9. The Hall–Kier alpha value is 0.157. The zero-order valence-corrected chi connectivity index (χ0v) is 18.5. The lowest BCUT2D eigenvalue weighted by Crippen LogP contribution is -2.43. The zero-order valence-electron chi connectivity index (χ0n) is 16.0. The number of alkyl halides is 2. The minimum atomic E-state index is -1.81. The average Bonchev–Trinajstić information content (AvgIpc) is 2.42. The Balaban J connectivity index is 3.76. The molecule has 0 aliphatic carbocycles. The number of rotatable bonds is 13. The Morgan fingerprint density at radius 3 is 1.88 bits per heavy atom. The van der Waals surface area contributed by atoms with Gasteiger partial charge in [-0.05, 0) is 31.0 Å². The first-order valence-corrected chi connectivity index (χ1v) is 12.7. The van der Waals surface area contributed by atoms with Crippen LogP contribution < -0.4 is 0 Å². The van der Waals surface area contributed by atoms with Crippen molar-refractivity contribution in [2.24, 2.45) is 0 Å². The Bertz CT molecular complexity index is 371. The van der Waals surface area contributed by atoms with Gasteiger partial charge in [0, 0.05) is 11.3 Å². The van der Waals surface area contributed by atoms with Gasteiger partial charge in [0.15, 0.2) is 8.32 Å². The molecule has 0 unspecified atom stereocenters. The van der Waals surface area contributed by atoms with E-state index in [-0.39, 0.29) is 16.5 Å². The van der Waals surface area contributed by atoms with Crippen LogP contribution in [0.15, 0.2) is 0 Å². The molecule has 0 N–H and O–H groups in total. The summed E-state index contributed by atoms with van der Waals surface area (Å²) in [6, 6.07) is 0. The quantitative estimate of drug-likeness (QED) is 0.115. The van der Waals surface area contributed by atoms with E-state index in [4.69, 9.17) is 27.6 Å². The molecule has 0 saturated carbocycles. The van der Waals surface area contributed by atoms with E-state index in [9.17, 15) is 10.1 Å². The van der Waals surface area contributed by atoms with Gasteiger partial charge in [0.05, 0.1) is 6.61 Å². The van der Waals surface area contributed by atoms with Crippen LogP contribution in [0.2, 0.25) is 18.1 Å². The van der Waals surface area contributed by atoms with Crippen LogP contribution in [0.1, 0.15) is 72.1 Å². The second kappa shape index (κ2) is 11.0. The molecule has 0 amide bonds. The summed E-state index contributed by atoms with van der Waals surface area (Å²) in [4.78, 5) is 9.97. The monoisotopic (exact) mass is 399 g/mol. The van der Waals surface area contributed by atoms with Crippen molar-refractivity contribution in [3.8, 4) is 0 Å². The molecule has 0 aromatic carbocycles. The van der Waals surface area contributed by atoms with Crippen molar-refractivity contribution >= 4 is 31.5 Å². The van der Waals surface area contributed by atoms with E-state index in [0.29, 0.717) is 13.0 Å². The van der Waals surface area contributed by atoms with Crippen LogP contribution in [0.4, 0.5) is 0 Å². The van der Waals surface area contributed by atoms with Gasteiger partial charge < -0.3 is 4.43 Å². The first kappa shape index (κ1) is 24.2. The van der Waals surface area contributed by atoms with Crippen molar-refractivity contribution in [1.29, 1.82) is 0 Å². The van der Waals surface area contributed by atoms with Gasteiger partial charge in [0.25, 0.3) is 0 Å². The number of unbranched alkanes of at least 4 members (excludes halogenated alkanes) is 6. The molecule has 0 spiro atoms. The van der Waals surface area contributed by atoms with E-state index in [1.165, 1.54) is 0 Å². The van der Waals surface area contributed by atoms with Crippen LogP contribution in [0.5, 0.6) is 0 Å². The average molecular weight is 400 g/mol. The van der Waals surface area contributed by atoms with E-state index >= 15 is 0 Å². The molecule has 4 nitrogen and oxygen atoms in total. The van der Waals surface area contributed by atoms with Crippen molar-refractivity contribution in [2.75, 3.05) is 13.2 Å². The summed E-state index contributed by atoms with van der Waals surface area (Å²) in [6.45, 7) is 11.5. The Morgan fingerprint density at radius 1 is 0.958 bits per heavy atom. The van der Waals surface area contributed by atoms with Crippen molar-refractivity contribution in [1.82, 2.24) is 0 Å². The molecule has 0 aromatic rings. The van der Waals surface area contributed by atoms with Gasteiger partial charge in [-0.15, -0.1) is 0 Å². The Labute approximate surface area is 158 Å². The minimum Gasteiger partial charge on any atom is -0.414 e. The highest BCUT2D eigenvalue weighted by molar-refractivity contribution is 6.74. The maximum Gasteiger partial charge on any atom is 0.203 e.